The third-order valence-corrected chi connectivity index (χ3v) is 2.31. The number of nitrogens with zero attached hydrogens (tertiary/aromatic N) is 2. The number of halogens is 2. The lowest BCUT2D eigenvalue weighted by atomic mass is 10.1. The van der Waals surface area contributed by atoms with E-state index in [9.17, 15) is 18.7 Å². The van der Waals surface area contributed by atoms with Gasteiger partial charge < -0.3 is 9.84 Å². The molecule has 1 unspecified atom stereocenters. The van der Waals surface area contributed by atoms with Crippen LogP contribution in [0.1, 0.15) is 31.9 Å². The Hall–Kier alpha value is -1.50. The van der Waals surface area contributed by atoms with Crippen molar-refractivity contribution < 1.29 is 23.4 Å². The van der Waals surface area contributed by atoms with Crippen molar-refractivity contribution in [1.29, 1.82) is 0 Å². The number of carbonyl (C=O) groups is 1. The fourth-order valence-corrected chi connectivity index (χ4v) is 1.42. The number of aryl methyl sites for hydroxylation is 1. The highest BCUT2D eigenvalue weighted by atomic mass is 19.3. The first-order valence-electron chi connectivity index (χ1n) is 5.68. The zero-order valence-corrected chi connectivity index (χ0v) is 10.3. The predicted molar refractivity (Wildman–Crippen MR) is 59.1 cm³/mol. The summed E-state index contributed by atoms with van der Waals surface area (Å²) in [7, 11) is 0. The largest absolute Gasteiger partial charge is 0.461 e. The summed E-state index contributed by atoms with van der Waals surface area (Å²) in [6, 6.07) is 0. The number of aromatic nitrogens is 2. The third kappa shape index (κ3) is 3.04. The van der Waals surface area contributed by atoms with Crippen LogP contribution in [0.15, 0.2) is 12.4 Å². The maximum Gasteiger partial charge on any atom is 0.380 e. The van der Waals surface area contributed by atoms with Crippen LogP contribution in [0.25, 0.3) is 0 Å². The summed E-state index contributed by atoms with van der Waals surface area (Å²) in [4.78, 5) is 11.1. The van der Waals surface area contributed by atoms with Crippen molar-refractivity contribution in [3.8, 4) is 0 Å². The molecule has 0 aromatic carbocycles. The summed E-state index contributed by atoms with van der Waals surface area (Å²) in [5, 5.41) is 13.3. The first-order valence-corrected chi connectivity index (χ1v) is 5.68. The molecule has 0 saturated heterocycles. The van der Waals surface area contributed by atoms with Gasteiger partial charge in [0.05, 0.1) is 12.8 Å². The molecule has 0 aliphatic heterocycles. The fraction of sp³-hybridized carbons (Fsp3) is 0.636. The molecule has 1 aromatic rings. The maximum absolute atomic E-state index is 13.5. The molecule has 0 fully saturated rings. The van der Waals surface area contributed by atoms with E-state index >= 15 is 0 Å². The van der Waals surface area contributed by atoms with Crippen LogP contribution in [0.2, 0.25) is 0 Å². The number of hydrogen-bond donors (Lipinski definition) is 1. The SMILES string of the molecule is CCCn1cc(C(O)C(F)(F)C(=O)OCC)cn1. The van der Waals surface area contributed by atoms with E-state index in [0.717, 1.165) is 12.6 Å². The predicted octanol–water partition coefficient (Wildman–Crippen LogP) is 1.52. The van der Waals surface area contributed by atoms with Gasteiger partial charge in [-0.05, 0) is 13.3 Å². The molecule has 18 heavy (non-hydrogen) atoms. The third-order valence-electron chi connectivity index (χ3n) is 2.31. The zero-order valence-electron chi connectivity index (χ0n) is 10.3. The van der Waals surface area contributed by atoms with Gasteiger partial charge in [0.25, 0.3) is 0 Å². The molecule has 1 aromatic heterocycles. The van der Waals surface area contributed by atoms with E-state index in [-0.39, 0.29) is 12.2 Å². The summed E-state index contributed by atoms with van der Waals surface area (Å²) in [5.74, 6) is -5.71. The Bertz CT molecular complexity index is 407. The summed E-state index contributed by atoms with van der Waals surface area (Å²) in [6.07, 6.45) is 0.947. The molecule has 0 aliphatic carbocycles. The van der Waals surface area contributed by atoms with E-state index in [1.165, 1.54) is 17.8 Å². The van der Waals surface area contributed by atoms with E-state index in [1.54, 1.807) is 0 Å². The first-order chi connectivity index (χ1) is 8.43. The average molecular weight is 262 g/mol. The van der Waals surface area contributed by atoms with Crippen LogP contribution in [-0.2, 0) is 16.1 Å². The topological polar surface area (TPSA) is 64.4 Å². The van der Waals surface area contributed by atoms with E-state index < -0.39 is 18.0 Å². The van der Waals surface area contributed by atoms with Gasteiger partial charge in [0.2, 0.25) is 0 Å². The fourth-order valence-electron chi connectivity index (χ4n) is 1.42. The number of aliphatic hydroxyl groups excluding tert-OH is 1. The average Bonchev–Trinajstić information content (AvgIpc) is 2.77. The molecule has 0 bridgehead atoms. The van der Waals surface area contributed by atoms with Gasteiger partial charge in [0, 0.05) is 18.3 Å². The summed E-state index contributed by atoms with van der Waals surface area (Å²) in [5.41, 5.74) is -0.110. The molecule has 102 valence electrons. The van der Waals surface area contributed by atoms with Crippen molar-refractivity contribution >= 4 is 5.97 Å². The van der Waals surface area contributed by atoms with E-state index in [1.807, 2.05) is 6.92 Å². The quantitative estimate of drug-likeness (QED) is 0.789. The lowest BCUT2D eigenvalue weighted by Gasteiger charge is -2.19. The van der Waals surface area contributed by atoms with Gasteiger partial charge in [0.1, 0.15) is 0 Å². The summed E-state index contributed by atoms with van der Waals surface area (Å²) in [6.45, 7) is 3.71. The number of rotatable bonds is 6. The van der Waals surface area contributed by atoms with E-state index in [4.69, 9.17) is 0 Å². The monoisotopic (exact) mass is 262 g/mol. The van der Waals surface area contributed by atoms with Crippen LogP contribution < -0.4 is 0 Å². The molecule has 1 rings (SSSR count). The number of aliphatic hydroxyl groups is 1. The molecule has 0 amide bonds. The number of alkyl halides is 2. The molecular weight excluding hydrogens is 246 g/mol. The maximum atomic E-state index is 13.5. The van der Waals surface area contributed by atoms with Crippen LogP contribution in [0.5, 0.6) is 0 Å². The van der Waals surface area contributed by atoms with Crippen LogP contribution in [0.3, 0.4) is 0 Å². The number of carbonyl (C=O) groups excluding carboxylic acids is 1. The van der Waals surface area contributed by atoms with Gasteiger partial charge >= 0.3 is 11.9 Å². The second kappa shape index (κ2) is 5.90. The van der Waals surface area contributed by atoms with Crippen LogP contribution in [-0.4, -0.2) is 33.4 Å². The molecule has 1 N–H and O–H groups in total. The highest BCUT2D eigenvalue weighted by Gasteiger charge is 2.49. The Balaban J connectivity index is 2.83. The van der Waals surface area contributed by atoms with Crippen molar-refractivity contribution in [2.45, 2.75) is 38.8 Å². The van der Waals surface area contributed by atoms with Gasteiger partial charge in [0.15, 0.2) is 6.10 Å². The Morgan fingerprint density at radius 2 is 2.28 bits per heavy atom. The Morgan fingerprint density at radius 1 is 1.61 bits per heavy atom. The van der Waals surface area contributed by atoms with Crippen molar-refractivity contribution in [2.75, 3.05) is 6.61 Å². The van der Waals surface area contributed by atoms with Gasteiger partial charge in [-0.3, -0.25) is 4.68 Å². The number of esters is 1. The minimum atomic E-state index is -3.98. The lowest BCUT2D eigenvalue weighted by Crippen LogP contribution is -2.37. The first kappa shape index (κ1) is 14.6. The second-order valence-corrected chi connectivity index (χ2v) is 3.78. The molecule has 5 nitrogen and oxygen atoms in total. The molecule has 0 saturated carbocycles. The van der Waals surface area contributed by atoms with E-state index in [0.29, 0.717) is 6.54 Å². The van der Waals surface area contributed by atoms with Crippen LogP contribution in [0, 0.1) is 0 Å². The highest BCUT2D eigenvalue weighted by Crippen LogP contribution is 2.32. The second-order valence-electron chi connectivity index (χ2n) is 3.78. The normalized spacial score (nSPS) is 13.4. The molecule has 1 heterocycles. The van der Waals surface area contributed by atoms with Gasteiger partial charge in [-0.15, -0.1) is 0 Å². The molecular formula is C11H16F2N2O3. The Kier molecular flexibility index (Phi) is 4.77. The smallest absolute Gasteiger partial charge is 0.380 e. The number of ether oxygens (including phenoxy) is 1. The van der Waals surface area contributed by atoms with Gasteiger partial charge in [-0.2, -0.15) is 13.9 Å². The summed E-state index contributed by atoms with van der Waals surface area (Å²) < 4.78 is 32.7. The van der Waals surface area contributed by atoms with Gasteiger partial charge in [-0.25, -0.2) is 4.79 Å². The number of hydrogen-bond acceptors (Lipinski definition) is 4. The van der Waals surface area contributed by atoms with Crippen molar-refractivity contribution in [2.24, 2.45) is 0 Å². The van der Waals surface area contributed by atoms with Gasteiger partial charge in [-0.1, -0.05) is 6.92 Å². The Morgan fingerprint density at radius 3 is 2.83 bits per heavy atom. The minimum Gasteiger partial charge on any atom is -0.461 e. The Labute approximate surface area is 103 Å². The van der Waals surface area contributed by atoms with Crippen molar-refractivity contribution in [1.82, 2.24) is 9.78 Å². The van der Waals surface area contributed by atoms with Crippen LogP contribution in [0.4, 0.5) is 8.78 Å². The standard InChI is InChI=1S/C11H16F2N2O3/c1-3-5-15-7-8(6-14-15)9(16)11(12,13)10(17)18-4-2/h6-7,9,16H,3-5H2,1-2H3. The van der Waals surface area contributed by atoms with Crippen LogP contribution >= 0.6 is 0 Å². The highest BCUT2D eigenvalue weighted by molar-refractivity contribution is 5.78. The lowest BCUT2D eigenvalue weighted by molar-refractivity contribution is -0.189. The minimum absolute atomic E-state index is 0.110. The molecule has 1 atom stereocenters. The molecule has 0 spiro atoms. The molecule has 7 heteroatoms. The van der Waals surface area contributed by atoms with E-state index in [2.05, 4.69) is 9.84 Å². The molecule has 0 aliphatic rings. The van der Waals surface area contributed by atoms with Crippen molar-refractivity contribution in [3.05, 3.63) is 18.0 Å². The summed E-state index contributed by atoms with van der Waals surface area (Å²) >= 11 is 0. The zero-order chi connectivity index (χ0) is 13.8. The van der Waals surface area contributed by atoms with Crippen molar-refractivity contribution in [3.63, 3.8) is 0 Å². The molecule has 0 radical (unpaired) electrons.